The van der Waals surface area contributed by atoms with Gasteiger partial charge in [-0.2, -0.15) is 4.31 Å². The minimum Gasteiger partial charge on any atom is -0.351 e. The number of piperazine rings is 1. The average molecular weight is 382 g/mol. The Kier molecular flexibility index (Phi) is 6.74. The number of imide groups is 1. The van der Waals surface area contributed by atoms with Gasteiger partial charge in [-0.1, -0.05) is 25.5 Å². The molecule has 0 aliphatic carbocycles. The normalized spacial score (nSPS) is 17.6. The molecule has 0 aromatic heterocycles. The molecule has 8 nitrogen and oxygen atoms in total. The highest BCUT2D eigenvalue weighted by atomic mass is 32.2. The molecule has 144 valence electrons. The molecule has 26 heavy (non-hydrogen) atoms. The summed E-state index contributed by atoms with van der Waals surface area (Å²) in [6, 6.07) is 5.55. The predicted octanol–water partition coefficient (Wildman–Crippen LogP) is 0.529. The topological polar surface area (TPSA) is 113 Å². The first-order chi connectivity index (χ1) is 12.3. The van der Waals surface area contributed by atoms with E-state index in [1.54, 1.807) is 19.1 Å². The Hall–Kier alpha value is -1.97. The van der Waals surface area contributed by atoms with Gasteiger partial charge in [0.15, 0.2) is 0 Å². The standard InChI is InChI=1S/C17H26N4O4S/c1-3-4-14-5-7-15(8-6-14)26(24,25)21-11-9-20(10-12-21)13(2)16(22)19-17(18)23/h5-8,13H,3-4,9-12H2,1-2H3,(H3,18,19,22,23). The van der Waals surface area contributed by atoms with E-state index in [9.17, 15) is 18.0 Å². The molecule has 1 aromatic carbocycles. The van der Waals surface area contributed by atoms with Crippen molar-refractivity contribution < 1.29 is 18.0 Å². The maximum atomic E-state index is 12.8. The van der Waals surface area contributed by atoms with Crippen LogP contribution in [0, 0.1) is 0 Å². The van der Waals surface area contributed by atoms with E-state index in [1.165, 1.54) is 4.31 Å². The van der Waals surface area contributed by atoms with Crippen molar-refractivity contribution in [3.63, 3.8) is 0 Å². The summed E-state index contributed by atoms with van der Waals surface area (Å²) in [5, 5.41) is 2.05. The molecule has 3 N–H and O–H groups in total. The number of urea groups is 1. The van der Waals surface area contributed by atoms with Crippen molar-refractivity contribution in [2.24, 2.45) is 5.73 Å². The van der Waals surface area contributed by atoms with E-state index in [4.69, 9.17) is 5.73 Å². The van der Waals surface area contributed by atoms with E-state index in [1.807, 2.05) is 22.3 Å². The van der Waals surface area contributed by atoms with Crippen LogP contribution in [0.5, 0.6) is 0 Å². The van der Waals surface area contributed by atoms with E-state index >= 15 is 0 Å². The first kappa shape index (κ1) is 20.3. The molecule has 0 radical (unpaired) electrons. The Balaban J connectivity index is 1.99. The monoisotopic (exact) mass is 382 g/mol. The zero-order valence-corrected chi connectivity index (χ0v) is 16.0. The molecule has 1 fully saturated rings. The molecule has 1 unspecified atom stereocenters. The fourth-order valence-electron chi connectivity index (χ4n) is 2.99. The quantitative estimate of drug-likeness (QED) is 0.745. The Morgan fingerprint density at radius 3 is 2.23 bits per heavy atom. The van der Waals surface area contributed by atoms with Crippen LogP contribution >= 0.6 is 0 Å². The fourth-order valence-corrected chi connectivity index (χ4v) is 4.41. The van der Waals surface area contributed by atoms with E-state index in [2.05, 4.69) is 6.92 Å². The average Bonchev–Trinajstić information content (AvgIpc) is 2.61. The van der Waals surface area contributed by atoms with Crippen LogP contribution in [-0.2, 0) is 21.2 Å². The molecule has 3 amide bonds. The summed E-state index contributed by atoms with van der Waals surface area (Å²) in [5.74, 6) is -0.486. The van der Waals surface area contributed by atoms with Gasteiger partial charge in [0.2, 0.25) is 15.9 Å². The molecule has 0 bridgehead atoms. The Morgan fingerprint density at radius 2 is 1.73 bits per heavy atom. The molecule has 1 heterocycles. The second kappa shape index (κ2) is 8.61. The summed E-state index contributed by atoms with van der Waals surface area (Å²) in [6.07, 6.45) is 1.93. The molecule has 1 saturated heterocycles. The van der Waals surface area contributed by atoms with Crippen molar-refractivity contribution in [3.05, 3.63) is 29.8 Å². The molecular formula is C17H26N4O4S. The van der Waals surface area contributed by atoms with Gasteiger partial charge in [-0.3, -0.25) is 15.0 Å². The van der Waals surface area contributed by atoms with Gasteiger partial charge in [0, 0.05) is 26.2 Å². The summed E-state index contributed by atoms with van der Waals surface area (Å²) in [7, 11) is -3.55. The number of primary amides is 1. The van der Waals surface area contributed by atoms with Gasteiger partial charge in [0.25, 0.3) is 0 Å². The predicted molar refractivity (Wildman–Crippen MR) is 98.0 cm³/mol. The number of sulfonamides is 1. The number of nitrogens with zero attached hydrogens (tertiary/aromatic N) is 2. The lowest BCUT2D eigenvalue weighted by atomic mass is 10.1. The number of hydrogen-bond acceptors (Lipinski definition) is 5. The van der Waals surface area contributed by atoms with Crippen molar-refractivity contribution in [1.29, 1.82) is 0 Å². The Morgan fingerprint density at radius 1 is 1.15 bits per heavy atom. The van der Waals surface area contributed by atoms with E-state index < -0.39 is 28.0 Å². The third kappa shape index (κ3) is 4.80. The lowest BCUT2D eigenvalue weighted by Gasteiger charge is -2.36. The maximum absolute atomic E-state index is 12.8. The van der Waals surface area contributed by atoms with Crippen LogP contribution in [0.1, 0.15) is 25.8 Å². The van der Waals surface area contributed by atoms with Crippen LogP contribution in [-0.4, -0.2) is 61.8 Å². The number of rotatable bonds is 6. The van der Waals surface area contributed by atoms with Gasteiger partial charge in [0.1, 0.15) is 0 Å². The number of carbonyl (C=O) groups is 2. The molecule has 2 rings (SSSR count). The summed E-state index contributed by atoms with van der Waals surface area (Å²) in [4.78, 5) is 24.7. The number of carbonyl (C=O) groups excluding carboxylic acids is 2. The molecule has 9 heteroatoms. The highest BCUT2D eigenvalue weighted by Crippen LogP contribution is 2.19. The van der Waals surface area contributed by atoms with Crippen molar-refractivity contribution in [2.75, 3.05) is 26.2 Å². The van der Waals surface area contributed by atoms with Crippen molar-refractivity contribution in [2.45, 2.75) is 37.6 Å². The Labute approximate surface area is 154 Å². The van der Waals surface area contributed by atoms with Crippen LogP contribution in [0.15, 0.2) is 29.2 Å². The number of nitrogens with one attached hydrogen (secondary N) is 1. The summed E-state index contributed by atoms with van der Waals surface area (Å²) in [5.41, 5.74) is 6.07. The third-order valence-electron chi connectivity index (χ3n) is 4.55. The summed E-state index contributed by atoms with van der Waals surface area (Å²) >= 11 is 0. The second-order valence-corrected chi connectivity index (χ2v) is 8.30. The lowest BCUT2D eigenvalue weighted by Crippen LogP contribution is -2.55. The van der Waals surface area contributed by atoms with Crippen LogP contribution in [0.4, 0.5) is 4.79 Å². The minimum atomic E-state index is -3.55. The second-order valence-electron chi connectivity index (χ2n) is 6.36. The van der Waals surface area contributed by atoms with Crippen LogP contribution in [0.3, 0.4) is 0 Å². The van der Waals surface area contributed by atoms with Crippen molar-refractivity contribution in [3.8, 4) is 0 Å². The van der Waals surface area contributed by atoms with Gasteiger partial charge < -0.3 is 5.73 Å². The molecule has 1 aromatic rings. The molecule has 1 aliphatic heterocycles. The van der Waals surface area contributed by atoms with E-state index in [0.29, 0.717) is 13.1 Å². The number of benzene rings is 1. The highest BCUT2D eigenvalue weighted by Gasteiger charge is 2.32. The van der Waals surface area contributed by atoms with Crippen molar-refractivity contribution >= 4 is 22.0 Å². The summed E-state index contributed by atoms with van der Waals surface area (Å²) < 4.78 is 27.0. The first-order valence-electron chi connectivity index (χ1n) is 8.69. The van der Waals surface area contributed by atoms with Crippen LogP contribution in [0.25, 0.3) is 0 Å². The molecule has 1 atom stereocenters. The third-order valence-corrected chi connectivity index (χ3v) is 6.46. The number of aryl methyl sites for hydroxylation is 1. The van der Waals surface area contributed by atoms with Gasteiger partial charge in [-0.15, -0.1) is 0 Å². The number of nitrogens with two attached hydrogens (primary N) is 1. The SMILES string of the molecule is CCCc1ccc(S(=O)(=O)N2CCN(C(C)C(=O)NC(N)=O)CC2)cc1. The van der Waals surface area contributed by atoms with Gasteiger partial charge in [-0.05, 0) is 31.0 Å². The smallest absolute Gasteiger partial charge is 0.318 e. The lowest BCUT2D eigenvalue weighted by molar-refractivity contribution is -0.125. The first-order valence-corrected chi connectivity index (χ1v) is 10.1. The largest absolute Gasteiger partial charge is 0.351 e. The zero-order valence-electron chi connectivity index (χ0n) is 15.1. The summed E-state index contributed by atoms with van der Waals surface area (Å²) in [6.45, 7) is 5.12. The van der Waals surface area contributed by atoms with E-state index in [-0.39, 0.29) is 18.0 Å². The van der Waals surface area contributed by atoms with Gasteiger partial charge >= 0.3 is 6.03 Å². The van der Waals surface area contributed by atoms with Crippen LogP contribution in [0.2, 0.25) is 0 Å². The van der Waals surface area contributed by atoms with Gasteiger partial charge in [-0.25, -0.2) is 13.2 Å². The zero-order chi connectivity index (χ0) is 19.3. The molecule has 1 aliphatic rings. The number of amides is 3. The number of hydrogen-bond donors (Lipinski definition) is 2. The molecular weight excluding hydrogens is 356 g/mol. The van der Waals surface area contributed by atoms with Gasteiger partial charge in [0.05, 0.1) is 10.9 Å². The highest BCUT2D eigenvalue weighted by molar-refractivity contribution is 7.89. The minimum absolute atomic E-state index is 0.283. The van der Waals surface area contributed by atoms with Crippen LogP contribution < -0.4 is 11.1 Å². The van der Waals surface area contributed by atoms with E-state index in [0.717, 1.165) is 18.4 Å². The maximum Gasteiger partial charge on any atom is 0.318 e. The Bertz CT molecular complexity index is 741. The molecule has 0 saturated carbocycles. The fraction of sp³-hybridized carbons (Fsp3) is 0.529. The molecule has 0 spiro atoms. The van der Waals surface area contributed by atoms with Crippen molar-refractivity contribution in [1.82, 2.24) is 14.5 Å².